The molecule has 0 spiro atoms. The van der Waals surface area contributed by atoms with Crippen molar-refractivity contribution in [2.75, 3.05) is 20.2 Å². The van der Waals surface area contributed by atoms with Crippen LogP contribution in [0.5, 0.6) is 0 Å². The SMILES string of the molecule is CCOC(=O)CN(C)Cc1cc(C)nn1C. The molecule has 5 nitrogen and oxygen atoms in total. The van der Waals surface area contributed by atoms with Gasteiger partial charge in [-0.1, -0.05) is 0 Å². The van der Waals surface area contributed by atoms with Crippen molar-refractivity contribution in [3.8, 4) is 0 Å². The molecule has 0 atom stereocenters. The van der Waals surface area contributed by atoms with Gasteiger partial charge >= 0.3 is 5.97 Å². The number of hydrogen-bond acceptors (Lipinski definition) is 4. The van der Waals surface area contributed by atoms with Gasteiger partial charge < -0.3 is 4.74 Å². The maximum atomic E-state index is 11.2. The largest absolute Gasteiger partial charge is 0.465 e. The average Bonchev–Trinajstić information content (AvgIpc) is 2.44. The minimum absolute atomic E-state index is 0.191. The molecule has 0 aromatic carbocycles. The number of carbonyl (C=O) groups excluding carboxylic acids is 1. The summed E-state index contributed by atoms with van der Waals surface area (Å²) >= 11 is 0. The van der Waals surface area contributed by atoms with Crippen LogP contribution in [0.1, 0.15) is 18.3 Å². The number of rotatable bonds is 5. The standard InChI is InChI=1S/C11H19N3O2/c1-5-16-11(15)8-13(3)7-10-6-9(2)12-14(10)4/h6H,5,7-8H2,1-4H3. The first-order chi connectivity index (χ1) is 7.52. The molecule has 1 aromatic rings. The maximum Gasteiger partial charge on any atom is 0.320 e. The fourth-order valence-corrected chi connectivity index (χ4v) is 1.57. The second-order valence-corrected chi connectivity index (χ2v) is 3.88. The van der Waals surface area contributed by atoms with E-state index in [1.54, 1.807) is 0 Å². The molecule has 1 aromatic heterocycles. The summed E-state index contributed by atoms with van der Waals surface area (Å²) in [5.74, 6) is -0.191. The summed E-state index contributed by atoms with van der Waals surface area (Å²) < 4.78 is 6.71. The van der Waals surface area contributed by atoms with Crippen LogP contribution in [0.3, 0.4) is 0 Å². The van der Waals surface area contributed by atoms with Crippen molar-refractivity contribution in [3.05, 3.63) is 17.5 Å². The van der Waals surface area contributed by atoms with Crippen LogP contribution in [-0.2, 0) is 23.1 Å². The third-order valence-electron chi connectivity index (χ3n) is 2.24. The fraction of sp³-hybridized carbons (Fsp3) is 0.636. The molecule has 1 heterocycles. The minimum Gasteiger partial charge on any atom is -0.465 e. The van der Waals surface area contributed by atoms with E-state index in [1.165, 1.54) is 0 Å². The molecular weight excluding hydrogens is 206 g/mol. The fourth-order valence-electron chi connectivity index (χ4n) is 1.57. The van der Waals surface area contributed by atoms with Crippen LogP contribution in [0.15, 0.2) is 6.07 Å². The van der Waals surface area contributed by atoms with Gasteiger partial charge in [0.05, 0.1) is 24.5 Å². The predicted molar refractivity (Wildman–Crippen MR) is 60.9 cm³/mol. The van der Waals surface area contributed by atoms with Crippen molar-refractivity contribution in [1.29, 1.82) is 0 Å². The third kappa shape index (κ3) is 3.66. The minimum atomic E-state index is -0.191. The molecule has 0 amide bonds. The molecule has 0 saturated heterocycles. The number of likely N-dealkylation sites (N-methyl/N-ethyl adjacent to an activating group) is 1. The first kappa shape index (κ1) is 12.7. The van der Waals surface area contributed by atoms with Gasteiger partial charge in [0.25, 0.3) is 0 Å². The van der Waals surface area contributed by atoms with Crippen molar-refractivity contribution in [1.82, 2.24) is 14.7 Å². The van der Waals surface area contributed by atoms with Gasteiger partial charge in [-0.3, -0.25) is 14.4 Å². The lowest BCUT2D eigenvalue weighted by Crippen LogP contribution is -2.27. The first-order valence-corrected chi connectivity index (χ1v) is 5.36. The Labute approximate surface area is 96.0 Å². The zero-order chi connectivity index (χ0) is 12.1. The maximum absolute atomic E-state index is 11.2. The van der Waals surface area contributed by atoms with E-state index in [-0.39, 0.29) is 5.97 Å². The molecule has 16 heavy (non-hydrogen) atoms. The van der Waals surface area contributed by atoms with E-state index in [2.05, 4.69) is 5.10 Å². The quantitative estimate of drug-likeness (QED) is 0.693. The van der Waals surface area contributed by atoms with Crippen LogP contribution in [0.4, 0.5) is 0 Å². The van der Waals surface area contributed by atoms with Crippen LogP contribution >= 0.6 is 0 Å². The molecule has 0 saturated carbocycles. The highest BCUT2D eigenvalue weighted by Gasteiger charge is 2.10. The molecule has 0 fully saturated rings. The molecule has 90 valence electrons. The van der Waals surface area contributed by atoms with Crippen molar-refractivity contribution >= 4 is 5.97 Å². The van der Waals surface area contributed by atoms with Gasteiger partial charge in [-0.25, -0.2) is 0 Å². The molecule has 0 N–H and O–H groups in total. The van der Waals surface area contributed by atoms with E-state index in [9.17, 15) is 4.79 Å². The van der Waals surface area contributed by atoms with Gasteiger partial charge in [0.1, 0.15) is 0 Å². The summed E-state index contributed by atoms with van der Waals surface area (Å²) in [4.78, 5) is 13.2. The highest BCUT2D eigenvalue weighted by molar-refractivity contribution is 5.71. The average molecular weight is 225 g/mol. The Bertz CT molecular complexity index is 360. The second kappa shape index (κ2) is 5.65. The van der Waals surface area contributed by atoms with E-state index >= 15 is 0 Å². The number of nitrogens with zero attached hydrogens (tertiary/aromatic N) is 3. The number of hydrogen-bond donors (Lipinski definition) is 0. The number of aromatic nitrogens is 2. The molecule has 5 heteroatoms. The summed E-state index contributed by atoms with van der Waals surface area (Å²) in [7, 11) is 3.79. The highest BCUT2D eigenvalue weighted by atomic mass is 16.5. The predicted octanol–water partition coefficient (Wildman–Crippen LogP) is 0.723. The lowest BCUT2D eigenvalue weighted by molar-refractivity contribution is -0.144. The van der Waals surface area contributed by atoms with E-state index < -0.39 is 0 Å². The van der Waals surface area contributed by atoms with Crippen molar-refractivity contribution < 1.29 is 9.53 Å². The Balaban J connectivity index is 2.48. The second-order valence-electron chi connectivity index (χ2n) is 3.88. The van der Waals surface area contributed by atoms with E-state index in [0.717, 1.165) is 11.4 Å². The zero-order valence-corrected chi connectivity index (χ0v) is 10.4. The van der Waals surface area contributed by atoms with Gasteiger partial charge in [-0.15, -0.1) is 0 Å². The van der Waals surface area contributed by atoms with Crippen LogP contribution in [-0.4, -0.2) is 40.8 Å². The monoisotopic (exact) mass is 225 g/mol. The number of aryl methyl sites for hydroxylation is 2. The van der Waals surface area contributed by atoms with E-state index in [1.807, 2.05) is 43.6 Å². The summed E-state index contributed by atoms with van der Waals surface area (Å²) in [6.45, 7) is 5.18. The molecule has 0 aliphatic rings. The molecule has 0 radical (unpaired) electrons. The smallest absolute Gasteiger partial charge is 0.320 e. The molecular formula is C11H19N3O2. The lowest BCUT2D eigenvalue weighted by atomic mass is 10.3. The van der Waals surface area contributed by atoms with Crippen molar-refractivity contribution in [2.45, 2.75) is 20.4 Å². The van der Waals surface area contributed by atoms with Crippen LogP contribution in [0.2, 0.25) is 0 Å². The van der Waals surface area contributed by atoms with Gasteiger partial charge in [-0.2, -0.15) is 5.10 Å². The van der Waals surface area contributed by atoms with Gasteiger partial charge in [-0.05, 0) is 27.0 Å². The molecule has 1 rings (SSSR count). The first-order valence-electron chi connectivity index (χ1n) is 5.36. The molecule has 0 bridgehead atoms. The van der Waals surface area contributed by atoms with E-state index in [4.69, 9.17) is 4.74 Å². The van der Waals surface area contributed by atoms with Crippen molar-refractivity contribution in [3.63, 3.8) is 0 Å². The Kier molecular flexibility index (Phi) is 4.49. The molecule has 0 unspecified atom stereocenters. The Morgan fingerprint density at radius 1 is 1.62 bits per heavy atom. The van der Waals surface area contributed by atoms with Crippen molar-refractivity contribution in [2.24, 2.45) is 7.05 Å². The van der Waals surface area contributed by atoms with Gasteiger partial charge in [0.2, 0.25) is 0 Å². The normalized spacial score (nSPS) is 10.8. The highest BCUT2D eigenvalue weighted by Crippen LogP contribution is 2.04. The van der Waals surface area contributed by atoms with Gasteiger partial charge in [0.15, 0.2) is 0 Å². The van der Waals surface area contributed by atoms with E-state index in [0.29, 0.717) is 19.7 Å². The summed E-state index contributed by atoms with van der Waals surface area (Å²) in [6, 6.07) is 2.02. The van der Waals surface area contributed by atoms with Crippen LogP contribution in [0.25, 0.3) is 0 Å². The third-order valence-corrected chi connectivity index (χ3v) is 2.24. The summed E-state index contributed by atoms with van der Waals surface area (Å²) in [5, 5.41) is 4.25. The number of carbonyl (C=O) groups is 1. The Morgan fingerprint density at radius 2 is 2.31 bits per heavy atom. The zero-order valence-electron chi connectivity index (χ0n) is 10.4. The molecule has 0 aliphatic heterocycles. The number of ether oxygens (including phenoxy) is 1. The molecule has 0 aliphatic carbocycles. The Hall–Kier alpha value is -1.36. The van der Waals surface area contributed by atoms with Crippen LogP contribution in [0, 0.1) is 6.92 Å². The Morgan fingerprint density at radius 3 is 2.81 bits per heavy atom. The number of esters is 1. The van der Waals surface area contributed by atoms with Crippen LogP contribution < -0.4 is 0 Å². The topological polar surface area (TPSA) is 47.4 Å². The van der Waals surface area contributed by atoms with Gasteiger partial charge in [0, 0.05) is 13.6 Å². The lowest BCUT2D eigenvalue weighted by Gasteiger charge is -2.15. The summed E-state index contributed by atoms with van der Waals surface area (Å²) in [6.07, 6.45) is 0. The summed E-state index contributed by atoms with van der Waals surface area (Å²) in [5.41, 5.74) is 2.08.